The van der Waals surface area contributed by atoms with Crippen molar-refractivity contribution < 1.29 is 5.21 Å². The van der Waals surface area contributed by atoms with Gasteiger partial charge in [-0.3, -0.25) is 4.99 Å². The molecule has 0 bridgehead atoms. The molecule has 1 heterocycles. The van der Waals surface area contributed by atoms with Crippen LogP contribution in [0.4, 0.5) is 5.69 Å². The number of hydrogen-bond acceptors (Lipinski definition) is 3. The van der Waals surface area contributed by atoms with Crippen LogP contribution in [-0.2, 0) is 0 Å². The molecule has 1 aliphatic heterocycles. The molecular weight excluding hydrogens is 152 g/mol. The number of rotatable bonds is 0. The highest BCUT2D eigenvalue weighted by molar-refractivity contribution is 6.12. The Labute approximate surface area is 70.1 Å². The maximum atomic E-state index is 8.66. The van der Waals surface area contributed by atoms with Crippen molar-refractivity contribution in [1.82, 2.24) is 0 Å². The summed E-state index contributed by atoms with van der Waals surface area (Å²) in [6, 6.07) is 7.62. The minimum absolute atomic E-state index is 0.605. The van der Waals surface area contributed by atoms with Crippen molar-refractivity contribution in [3.05, 3.63) is 29.8 Å². The number of benzene rings is 1. The Bertz CT molecular complexity index is 355. The Morgan fingerprint density at radius 2 is 2.17 bits per heavy atom. The second kappa shape index (κ2) is 2.77. The lowest BCUT2D eigenvalue weighted by Crippen LogP contribution is -2.05. The summed E-state index contributed by atoms with van der Waals surface area (Å²) in [5, 5.41) is 11.9. The SMILES string of the molecule is ON=C1CC=Nc2ccccc21. The number of oxime groups is 1. The molecule has 0 saturated carbocycles. The molecule has 0 unspecified atom stereocenters. The Morgan fingerprint density at radius 1 is 1.33 bits per heavy atom. The summed E-state index contributed by atoms with van der Waals surface area (Å²) in [4.78, 5) is 4.17. The summed E-state index contributed by atoms with van der Waals surface area (Å²) in [5.74, 6) is 0. The third-order valence-corrected chi connectivity index (χ3v) is 1.85. The van der Waals surface area contributed by atoms with Crippen molar-refractivity contribution in [3.8, 4) is 0 Å². The highest BCUT2D eigenvalue weighted by Gasteiger charge is 2.11. The summed E-state index contributed by atoms with van der Waals surface area (Å²) < 4.78 is 0. The Kier molecular flexibility index (Phi) is 1.63. The lowest BCUT2D eigenvalue weighted by Gasteiger charge is -2.09. The second-order valence-electron chi connectivity index (χ2n) is 2.58. The minimum atomic E-state index is 0.605. The molecular formula is C9H8N2O. The van der Waals surface area contributed by atoms with E-state index < -0.39 is 0 Å². The molecule has 0 saturated heterocycles. The van der Waals surface area contributed by atoms with Crippen LogP contribution >= 0.6 is 0 Å². The van der Waals surface area contributed by atoms with Gasteiger partial charge in [0, 0.05) is 18.2 Å². The third kappa shape index (κ3) is 0.993. The molecule has 12 heavy (non-hydrogen) atoms. The zero-order valence-corrected chi connectivity index (χ0v) is 6.44. The van der Waals surface area contributed by atoms with Gasteiger partial charge in [-0.25, -0.2) is 0 Å². The van der Waals surface area contributed by atoms with E-state index in [1.165, 1.54) is 0 Å². The topological polar surface area (TPSA) is 45.0 Å². The number of para-hydroxylation sites is 1. The number of hydrogen-bond donors (Lipinski definition) is 1. The molecule has 0 fully saturated rings. The molecule has 1 N–H and O–H groups in total. The van der Waals surface area contributed by atoms with Crippen LogP contribution in [0.15, 0.2) is 34.4 Å². The molecule has 0 spiro atoms. The van der Waals surface area contributed by atoms with Gasteiger partial charge in [-0.2, -0.15) is 0 Å². The lowest BCUT2D eigenvalue weighted by atomic mass is 10.0. The van der Waals surface area contributed by atoms with Gasteiger partial charge in [-0.15, -0.1) is 0 Å². The zero-order chi connectivity index (χ0) is 8.39. The molecule has 0 aromatic heterocycles. The van der Waals surface area contributed by atoms with E-state index in [0.717, 1.165) is 11.3 Å². The smallest absolute Gasteiger partial charge is 0.0942 e. The first kappa shape index (κ1) is 7.03. The van der Waals surface area contributed by atoms with Crippen LogP contribution in [0.5, 0.6) is 0 Å². The summed E-state index contributed by atoms with van der Waals surface area (Å²) >= 11 is 0. The van der Waals surface area contributed by atoms with E-state index in [2.05, 4.69) is 10.1 Å². The second-order valence-corrected chi connectivity index (χ2v) is 2.58. The first-order valence-electron chi connectivity index (χ1n) is 3.74. The molecule has 1 aromatic carbocycles. The number of nitrogens with zero attached hydrogens (tertiary/aromatic N) is 2. The summed E-state index contributed by atoms with van der Waals surface area (Å²) in [7, 11) is 0. The monoisotopic (exact) mass is 160 g/mol. The average Bonchev–Trinajstić information content (AvgIpc) is 2.17. The van der Waals surface area contributed by atoms with Crippen LogP contribution in [0, 0.1) is 0 Å². The standard InChI is InChI=1S/C9H8N2O/c12-11-9-5-6-10-8-4-2-1-3-7(8)9/h1-4,6,12H,5H2. The van der Waals surface area contributed by atoms with Crippen LogP contribution in [-0.4, -0.2) is 17.1 Å². The largest absolute Gasteiger partial charge is 0.411 e. The normalized spacial score (nSPS) is 17.8. The van der Waals surface area contributed by atoms with E-state index in [1.54, 1.807) is 6.21 Å². The maximum absolute atomic E-state index is 8.66. The van der Waals surface area contributed by atoms with E-state index in [9.17, 15) is 0 Å². The Morgan fingerprint density at radius 3 is 3.00 bits per heavy atom. The van der Waals surface area contributed by atoms with Gasteiger partial charge in [-0.05, 0) is 6.07 Å². The van der Waals surface area contributed by atoms with Crippen molar-refractivity contribution in [3.63, 3.8) is 0 Å². The van der Waals surface area contributed by atoms with Gasteiger partial charge in [-0.1, -0.05) is 23.4 Å². The van der Waals surface area contributed by atoms with Crippen LogP contribution in [0.25, 0.3) is 0 Å². The van der Waals surface area contributed by atoms with Gasteiger partial charge >= 0.3 is 0 Å². The van der Waals surface area contributed by atoms with Crippen molar-refractivity contribution in [2.24, 2.45) is 10.1 Å². The predicted molar refractivity (Wildman–Crippen MR) is 47.5 cm³/mol. The van der Waals surface area contributed by atoms with Crippen molar-refractivity contribution in [2.75, 3.05) is 0 Å². The fourth-order valence-corrected chi connectivity index (χ4v) is 1.27. The summed E-state index contributed by atoms with van der Waals surface area (Å²) in [6.45, 7) is 0. The van der Waals surface area contributed by atoms with Gasteiger partial charge < -0.3 is 5.21 Å². The van der Waals surface area contributed by atoms with Crippen molar-refractivity contribution >= 4 is 17.6 Å². The van der Waals surface area contributed by atoms with Gasteiger partial charge in [0.1, 0.15) is 0 Å². The maximum Gasteiger partial charge on any atom is 0.0942 e. The third-order valence-electron chi connectivity index (χ3n) is 1.85. The first-order valence-corrected chi connectivity index (χ1v) is 3.74. The van der Waals surface area contributed by atoms with E-state index in [4.69, 9.17) is 5.21 Å². The zero-order valence-electron chi connectivity index (χ0n) is 6.44. The predicted octanol–water partition coefficient (Wildman–Crippen LogP) is 1.97. The Hall–Kier alpha value is -1.64. The van der Waals surface area contributed by atoms with Crippen molar-refractivity contribution in [2.45, 2.75) is 6.42 Å². The van der Waals surface area contributed by atoms with E-state index in [-0.39, 0.29) is 0 Å². The van der Waals surface area contributed by atoms with E-state index in [0.29, 0.717) is 12.1 Å². The highest BCUT2D eigenvalue weighted by Crippen LogP contribution is 2.23. The van der Waals surface area contributed by atoms with E-state index in [1.807, 2.05) is 24.3 Å². The van der Waals surface area contributed by atoms with Crippen LogP contribution < -0.4 is 0 Å². The fourth-order valence-electron chi connectivity index (χ4n) is 1.27. The van der Waals surface area contributed by atoms with Crippen LogP contribution in [0.2, 0.25) is 0 Å². The lowest BCUT2D eigenvalue weighted by molar-refractivity contribution is 0.318. The first-order chi connectivity index (χ1) is 5.92. The fraction of sp³-hybridized carbons (Fsp3) is 0.111. The Balaban J connectivity index is 2.60. The molecule has 0 amide bonds. The summed E-state index contributed by atoms with van der Waals surface area (Å²) in [6.07, 6.45) is 2.35. The van der Waals surface area contributed by atoms with Gasteiger partial charge in [0.05, 0.1) is 11.4 Å². The number of fused-ring (bicyclic) bond motifs is 1. The van der Waals surface area contributed by atoms with Gasteiger partial charge in [0.15, 0.2) is 0 Å². The molecule has 3 heteroatoms. The molecule has 1 aromatic rings. The van der Waals surface area contributed by atoms with Crippen LogP contribution in [0.3, 0.4) is 0 Å². The quantitative estimate of drug-likeness (QED) is 0.457. The molecule has 0 aliphatic carbocycles. The van der Waals surface area contributed by atoms with Crippen molar-refractivity contribution in [1.29, 1.82) is 0 Å². The highest BCUT2D eigenvalue weighted by atomic mass is 16.4. The minimum Gasteiger partial charge on any atom is -0.411 e. The van der Waals surface area contributed by atoms with E-state index >= 15 is 0 Å². The van der Waals surface area contributed by atoms with Gasteiger partial charge in [0.2, 0.25) is 0 Å². The summed E-state index contributed by atoms with van der Waals surface area (Å²) in [5.41, 5.74) is 2.47. The molecule has 60 valence electrons. The number of aliphatic imine (C=N–C) groups is 1. The average molecular weight is 160 g/mol. The molecule has 2 rings (SSSR count). The molecule has 1 aliphatic rings. The van der Waals surface area contributed by atoms with Gasteiger partial charge in [0.25, 0.3) is 0 Å². The molecule has 0 atom stereocenters. The molecule has 3 nitrogen and oxygen atoms in total. The molecule has 0 radical (unpaired) electrons. The van der Waals surface area contributed by atoms with Crippen LogP contribution in [0.1, 0.15) is 12.0 Å².